The quantitative estimate of drug-likeness (QED) is 0.744. The van der Waals surface area contributed by atoms with Crippen LogP contribution in [0.15, 0.2) is 24.3 Å². The fourth-order valence-electron chi connectivity index (χ4n) is 3.92. The number of hydrogen-bond acceptors (Lipinski definition) is 5. The molecule has 0 bridgehead atoms. The normalized spacial score (nSPS) is 26.5. The number of nitrogens with zero attached hydrogens (tertiary/aromatic N) is 1. The summed E-state index contributed by atoms with van der Waals surface area (Å²) in [6, 6.07) is 8.90. The van der Waals surface area contributed by atoms with Crippen molar-refractivity contribution in [3.8, 4) is 5.75 Å². The molecule has 9 heteroatoms. The van der Waals surface area contributed by atoms with Gasteiger partial charge in [0.15, 0.2) is 0 Å². The van der Waals surface area contributed by atoms with Gasteiger partial charge in [0.1, 0.15) is 5.75 Å². The number of carboxylic acids is 1. The fraction of sp³-hybridized carbons (Fsp3) is 0.667. The summed E-state index contributed by atoms with van der Waals surface area (Å²) in [6.07, 6.45) is 0.496. The van der Waals surface area contributed by atoms with Crippen molar-refractivity contribution < 1.29 is 37.3 Å². The number of hydrogen-bond donors (Lipinski definition) is 1. The molecule has 2 saturated carbocycles. The molecular weight excluding hydrogens is 403 g/mol. The van der Waals surface area contributed by atoms with Gasteiger partial charge in [-0.1, -0.05) is 12.1 Å². The minimum atomic E-state index is -5.08. The first-order valence-corrected chi connectivity index (χ1v) is 10.2. The van der Waals surface area contributed by atoms with Crippen molar-refractivity contribution in [3.05, 3.63) is 29.8 Å². The van der Waals surface area contributed by atoms with E-state index in [2.05, 4.69) is 23.1 Å². The summed E-state index contributed by atoms with van der Waals surface area (Å²) in [5, 5.41) is 7.12. The predicted octanol–water partition coefficient (Wildman–Crippen LogP) is 3.49. The maximum absolute atomic E-state index is 10.6. The highest BCUT2D eigenvalue weighted by Crippen LogP contribution is 2.35. The van der Waals surface area contributed by atoms with E-state index in [0.717, 1.165) is 44.4 Å². The van der Waals surface area contributed by atoms with Crippen LogP contribution in [0.25, 0.3) is 0 Å². The van der Waals surface area contributed by atoms with Gasteiger partial charge in [0.05, 0.1) is 25.9 Å². The molecule has 1 aromatic rings. The number of carboxylic acid groups (broad SMARTS) is 1. The van der Waals surface area contributed by atoms with Crippen LogP contribution in [0.1, 0.15) is 31.2 Å². The second kappa shape index (κ2) is 9.98. The Bertz CT molecular complexity index is 710. The first-order valence-electron chi connectivity index (χ1n) is 10.2. The van der Waals surface area contributed by atoms with Crippen LogP contribution in [-0.2, 0) is 20.8 Å². The maximum Gasteiger partial charge on any atom is 0.490 e. The van der Waals surface area contributed by atoms with Gasteiger partial charge in [-0.15, -0.1) is 0 Å². The molecular formula is C21H28F3NO5. The summed E-state index contributed by atoms with van der Waals surface area (Å²) in [4.78, 5) is 11.5. The molecule has 6 nitrogen and oxygen atoms in total. The van der Waals surface area contributed by atoms with E-state index < -0.39 is 12.1 Å². The third-order valence-corrected chi connectivity index (χ3v) is 5.66. The summed E-state index contributed by atoms with van der Waals surface area (Å²) in [6.45, 7) is 3.73. The molecule has 1 N–H and O–H groups in total. The van der Waals surface area contributed by atoms with Crippen LogP contribution in [0.3, 0.4) is 0 Å². The fourth-order valence-corrected chi connectivity index (χ4v) is 3.92. The third-order valence-electron chi connectivity index (χ3n) is 5.66. The van der Waals surface area contributed by atoms with Gasteiger partial charge < -0.3 is 19.3 Å². The van der Waals surface area contributed by atoms with E-state index >= 15 is 0 Å². The molecule has 1 aromatic carbocycles. The van der Waals surface area contributed by atoms with Gasteiger partial charge in [0.25, 0.3) is 0 Å². The highest BCUT2D eigenvalue weighted by molar-refractivity contribution is 5.73. The standard InChI is InChI=1S/C19H27NO3.C2HF3O2/c1-21-16-4-2-3-15(11-16)12-20-9-10-22-19-17(20)7-8-18(19)23-13-14-5-6-14;3-2(4,5)1(6)7/h2-4,11,14,17-19H,5-10,12-13H2,1H3;(H,6,7)/t17-,18-,19+;/m0./s1. The summed E-state index contributed by atoms with van der Waals surface area (Å²) < 4.78 is 49.3. The SMILES string of the molecule is COc1cccc(CN2CCO[C@H]3[C@@H](OCC4CC4)CC[C@@H]32)c1.O=C(O)C(F)(F)F. The highest BCUT2D eigenvalue weighted by Gasteiger charge is 2.43. The summed E-state index contributed by atoms with van der Waals surface area (Å²) in [5.74, 6) is -0.998. The van der Waals surface area contributed by atoms with Crippen molar-refractivity contribution >= 4 is 5.97 Å². The molecule has 0 unspecified atom stereocenters. The molecule has 1 saturated heterocycles. The lowest BCUT2D eigenvalue weighted by molar-refractivity contribution is -0.192. The van der Waals surface area contributed by atoms with Crippen LogP contribution >= 0.6 is 0 Å². The van der Waals surface area contributed by atoms with Gasteiger partial charge in [-0.2, -0.15) is 13.2 Å². The molecule has 0 aromatic heterocycles. The number of rotatable bonds is 6. The average Bonchev–Trinajstić information content (AvgIpc) is 3.45. The van der Waals surface area contributed by atoms with Crippen LogP contribution < -0.4 is 4.74 Å². The Balaban J connectivity index is 0.000000318. The lowest BCUT2D eigenvalue weighted by Gasteiger charge is -2.39. The van der Waals surface area contributed by atoms with Gasteiger partial charge in [-0.25, -0.2) is 4.79 Å². The number of morpholine rings is 1. The number of methoxy groups -OCH3 is 1. The van der Waals surface area contributed by atoms with E-state index in [1.165, 1.54) is 24.8 Å². The van der Waals surface area contributed by atoms with Gasteiger partial charge in [-0.3, -0.25) is 4.90 Å². The predicted molar refractivity (Wildman–Crippen MR) is 102 cm³/mol. The Hall–Kier alpha value is -1.84. The zero-order valence-electron chi connectivity index (χ0n) is 16.9. The first kappa shape index (κ1) is 22.8. The zero-order chi connectivity index (χ0) is 21.7. The first-order chi connectivity index (χ1) is 14.3. The Labute approximate surface area is 173 Å². The van der Waals surface area contributed by atoms with Gasteiger partial charge in [0.2, 0.25) is 0 Å². The molecule has 3 fully saturated rings. The van der Waals surface area contributed by atoms with Gasteiger partial charge in [-0.05, 0) is 49.3 Å². The molecule has 3 atom stereocenters. The Kier molecular flexibility index (Phi) is 7.60. The lowest BCUT2D eigenvalue weighted by Crippen LogP contribution is -2.51. The number of halogens is 3. The van der Waals surface area contributed by atoms with Crippen molar-refractivity contribution in [2.75, 3.05) is 26.9 Å². The van der Waals surface area contributed by atoms with E-state index in [4.69, 9.17) is 24.1 Å². The van der Waals surface area contributed by atoms with E-state index in [-0.39, 0.29) is 6.10 Å². The molecule has 0 radical (unpaired) electrons. The van der Waals surface area contributed by atoms with Crippen molar-refractivity contribution in [1.82, 2.24) is 4.90 Å². The van der Waals surface area contributed by atoms with Crippen LogP contribution in [0.5, 0.6) is 5.75 Å². The molecule has 2 aliphatic carbocycles. The van der Waals surface area contributed by atoms with Crippen molar-refractivity contribution in [1.29, 1.82) is 0 Å². The number of alkyl halides is 3. The minimum absolute atomic E-state index is 0.258. The van der Waals surface area contributed by atoms with Gasteiger partial charge >= 0.3 is 12.1 Å². The molecule has 0 amide bonds. The monoisotopic (exact) mass is 431 g/mol. The highest BCUT2D eigenvalue weighted by atomic mass is 19.4. The molecule has 1 heterocycles. The molecule has 0 spiro atoms. The van der Waals surface area contributed by atoms with E-state index in [1.54, 1.807) is 7.11 Å². The second-order valence-corrected chi connectivity index (χ2v) is 7.92. The Morgan fingerprint density at radius 2 is 2.00 bits per heavy atom. The van der Waals surface area contributed by atoms with Crippen LogP contribution in [0, 0.1) is 5.92 Å². The van der Waals surface area contributed by atoms with Crippen LogP contribution in [0.2, 0.25) is 0 Å². The summed E-state index contributed by atoms with van der Waals surface area (Å²) >= 11 is 0. The van der Waals surface area contributed by atoms with Crippen LogP contribution in [-0.4, -0.2) is 67.3 Å². The van der Waals surface area contributed by atoms with Crippen molar-refractivity contribution in [2.24, 2.45) is 5.92 Å². The van der Waals surface area contributed by atoms with E-state index in [9.17, 15) is 13.2 Å². The number of fused-ring (bicyclic) bond motifs is 1. The largest absolute Gasteiger partial charge is 0.497 e. The molecule has 4 rings (SSSR count). The molecule has 1 aliphatic heterocycles. The maximum atomic E-state index is 10.6. The zero-order valence-corrected chi connectivity index (χ0v) is 16.9. The second-order valence-electron chi connectivity index (χ2n) is 7.92. The van der Waals surface area contributed by atoms with E-state index in [0.29, 0.717) is 12.1 Å². The molecule has 168 valence electrons. The molecule has 30 heavy (non-hydrogen) atoms. The van der Waals surface area contributed by atoms with Crippen molar-refractivity contribution in [2.45, 2.75) is 56.7 Å². The lowest BCUT2D eigenvalue weighted by atomic mass is 10.1. The minimum Gasteiger partial charge on any atom is -0.497 e. The smallest absolute Gasteiger partial charge is 0.490 e. The van der Waals surface area contributed by atoms with Crippen LogP contribution in [0.4, 0.5) is 13.2 Å². The number of ether oxygens (including phenoxy) is 3. The average molecular weight is 431 g/mol. The Morgan fingerprint density at radius 3 is 2.63 bits per heavy atom. The summed E-state index contributed by atoms with van der Waals surface area (Å²) in [5.41, 5.74) is 1.31. The molecule has 3 aliphatic rings. The van der Waals surface area contributed by atoms with Gasteiger partial charge in [0, 0.05) is 25.7 Å². The number of carbonyl (C=O) groups is 1. The number of benzene rings is 1. The number of aliphatic carboxylic acids is 1. The van der Waals surface area contributed by atoms with Crippen molar-refractivity contribution in [3.63, 3.8) is 0 Å². The van der Waals surface area contributed by atoms with E-state index in [1.807, 2.05) is 6.07 Å². The topological polar surface area (TPSA) is 68.2 Å². The summed E-state index contributed by atoms with van der Waals surface area (Å²) in [7, 11) is 1.72. The Morgan fingerprint density at radius 1 is 1.27 bits per heavy atom. The third kappa shape index (κ3) is 6.33.